The summed E-state index contributed by atoms with van der Waals surface area (Å²) in [6.45, 7) is 7.87. The van der Waals surface area contributed by atoms with Gasteiger partial charge in [-0.05, 0) is 61.3 Å². The van der Waals surface area contributed by atoms with Crippen molar-refractivity contribution in [3.05, 3.63) is 33.0 Å². The summed E-state index contributed by atoms with van der Waals surface area (Å²) in [4.78, 5) is 13.5. The van der Waals surface area contributed by atoms with E-state index in [-0.39, 0.29) is 6.54 Å². The summed E-state index contributed by atoms with van der Waals surface area (Å²) in [5.74, 6) is -0.412. The normalized spacial score (nSPS) is 11.3. The van der Waals surface area contributed by atoms with Crippen molar-refractivity contribution in [1.82, 2.24) is 4.90 Å². The molecule has 0 N–H and O–H groups in total. The Morgan fingerprint density at radius 2 is 2.05 bits per heavy atom. The molecule has 0 heterocycles. The van der Waals surface area contributed by atoms with E-state index in [0.717, 1.165) is 0 Å². The molecule has 1 aromatic rings. The molecule has 0 saturated heterocycles. The smallest absolute Gasteiger partial charge is 0.410 e. The fourth-order valence-electron chi connectivity index (χ4n) is 1.52. The molecule has 1 rings (SSSR count). The fraction of sp³-hybridized carbons (Fsp3) is 0.500. The van der Waals surface area contributed by atoms with Gasteiger partial charge in [-0.2, -0.15) is 0 Å². The average molecular weight is 367 g/mol. The quantitative estimate of drug-likeness (QED) is 0.705. The molecule has 0 atom stereocenters. The second kappa shape index (κ2) is 6.76. The van der Waals surface area contributed by atoms with Crippen LogP contribution >= 0.6 is 27.5 Å². The van der Waals surface area contributed by atoms with Gasteiger partial charge >= 0.3 is 6.09 Å². The third kappa shape index (κ3) is 4.94. The molecule has 20 heavy (non-hydrogen) atoms. The van der Waals surface area contributed by atoms with Crippen molar-refractivity contribution < 1.29 is 13.9 Å². The van der Waals surface area contributed by atoms with Crippen LogP contribution in [0.25, 0.3) is 0 Å². The molecule has 0 radical (unpaired) electrons. The number of nitrogens with zero attached hydrogens (tertiary/aromatic N) is 1. The Morgan fingerprint density at radius 1 is 1.45 bits per heavy atom. The Balaban J connectivity index is 2.89. The average Bonchev–Trinajstić information content (AvgIpc) is 2.29. The van der Waals surface area contributed by atoms with Gasteiger partial charge in [-0.15, -0.1) is 0 Å². The minimum absolute atomic E-state index is 0.203. The molecule has 3 nitrogen and oxygen atoms in total. The van der Waals surface area contributed by atoms with Crippen molar-refractivity contribution in [3.8, 4) is 0 Å². The molecular weight excluding hydrogens is 349 g/mol. The van der Waals surface area contributed by atoms with Crippen LogP contribution in [-0.2, 0) is 11.3 Å². The predicted molar refractivity (Wildman–Crippen MR) is 81.4 cm³/mol. The third-order valence-corrected chi connectivity index (χ3v) is 3.44. The number of benzene rings is 1. The second-order valence-corrected chi connectivity index (χ2v) is 6.61. The summed E-state index contributed by atoms with van der Waals surface area (Å²) in [6.07, 6.45) is -0.445. The first-order valence-electron chi connectivity index (χ1n) is 6.25. The molecule has 0 aromatic heterocycles. The van der Waals surface area contributed by atoms with Gasteiger partial charge in [0.05, 0.1) is 11.0 Å². The molecule has 0 unspecified atom stereocenters. The first-order valence-corrected chi connectivity index (χ1v) is 7.42. The summed E-state index contributed by atoms with van der Waals surface area (Å²) in [7, 11) is 0. The number of carbonyl (C=O) groups is 1. The summed E-state index contributed by atoms with van der Waals surface area (Å²) >= 11 is 9.13. The van der Waals surface area contributed by atoms with E-state index in [1.165, 1.54) is 17.0 Å². The van der Waals surface area contributed by atoms with Crippen LogP contribution in [0.3, 0.4) is 0 Å². The molecule has 0 aliphatic heterocycles. The Morgan fingerprint density at radius 3 is 2.55 bits per heavy atom. The van der Waals surface area contributed by atoms with Crippen LogP contribution in [0.4, 0.5) is 9.18 Å². The zero-order valence-corrected chi connectivity index (χ0v) is 14.3. The predicted octanol–water partition coefficient (Wildman–Crippen LogP) is 5.00. The monoisotopic (exact) mass is 365 g/mol. The number of rotatable bonds is 3. The van der Waals surface area contributed by atoms with Gasteiger partial charge in [0.15, 0.2) is 0 Å². The van der Waals surface area contributed by atoms with E-state index in [4.69, 9.17) is 16.3 Å². The molecular formula is C14H18BrClFNO2. The number of carbonyl (C=O) groups excluding carboxylic acids is 1. The van der Waals surface area contributed by atoms with E-state index in [1.807, 2.05) is 6.92 Å². The van der Waals surface area contributed by atoms with Gasteiger partial charge in [-0.25, -0.2) is 9.18 Å². The van der Waals surface area contributed by atoms with Gasteiger partial charge in [0.25, 0.3) is 0 Å². The Hall–Kier alpha value is -0.810. The van der Waals surface area contributed by atoms with Crippen molar-refractivity contribution in [2.24, 2.45) is 0 Å². The standard InChI is InChI=1S/C14H18BrClFNO2/c1-5-18(13(19)20-14(2,3)4)8-9-6-12(17)10(15)7-11(9)16/h6-7H,5,8H2,1-4H3. The van der Waals surface area contributed by atoms with Gasteiger partial charge in [-0.3, -0.25) is 0 Å². The van der Waals surface area contributed by atoms with Gasteiger partial charge < -0.3 is 9.64 Å². The van der Waals surface area contributed by atoms with Crippen LogP contribution in [0, 0.1) is 5.82 Å². The minimum atomic E-state index is -0.570. The van der Waals surface area contributed by atoms with Crippen LogP contribution in [0.1, 0.15) is 33.3 Å². The number of ether oxygens (including phenoxy) is 1. The molecule has 0 spiro atoms. The SMILES string of the molecule is CCN(Cc1cc(F)c(Br)cc1Cl)C(=O)OC(C)(C)C. The highest BCUT2D eigenvalue weighted by Crippen LogP contribution is 2.26. The zero-order chi connectivity index (χ0) is 15.5. The van der Waals surface area contributed by atoms with E-state index >= 15 is 0 Å². The lowest BCUT2D eigenvalue weighted by Crippen LogP contribution is -2.36. The second-order valence-electron chi connectivity index (χ2n) is 5.35. The lowest BCUT2D eigenvalue weighted by molar-refractivity contribution is 0.0244. The number of halogens is 3. The van der Waals surface area contributed by atoms with Gasteiger partial charge in [0.1, 0.15) is 11.4 Å². The molecule has 0 bridgehead atoms. The van der Waals surface area contributed by atoms with Crippen molar-refractivity contribution in [3.63, 3.8) is 0 Å². The molecule has 6 heteroatoms. The molecule has 0 saturated carbocycles. The van der Waals surface area contributed by atoms with Crippen LogP contribution < -0.4 is 0 Å². The summed E-state index contributed by atoms with van der Waals surface area (Å²) in [5, 5.41) is 0.403. The Kier molecular flexibility index (Phi) is 5.83. The number of amides is 1. The third-order valence-electron chi connectivity index (χ3n) is 2.48. The topological polar surface area (TPSA) is 29.5 Å². The highest BCUT2D eigenvalue weighted by molar-refractivity contribution is 9.10. The fourth-order valence-corrected chi connectivity index (χ4v) is 2.22. The van der Waals surface area contributed by atoms with Crippen molar-refractivity contribution in [2.45, 2.75) is 39.8 Å². The van der Waals surface area contributed by atoms with Crippen molar-refractivity contribution in [1.29, 1.82) is 0 Å². The number of hydrogen-bond acceptors (Lipinski definition) is 2. The summed E-state index contributed by atoms with van der Waals surface area (Å²) < 4.78 is 19.1. The molecule has 1 aromatic carbocycles. The Labute approximate surface area is 132 Å². The maximum absolute atomic E-state index is 13.5. The zero-order valence-electron chi connectivity index (χ0n) is 12.0. The lowest BCUT2D eigenvalue weighted by Gasteiger charge is -2.26. The van der Waals surface area contributed by atoms with Gasteiger partial charge in [0.2, 0.25) is 0 Å². The highest BCUT2D eigenvalue weighted by Gasteiger charge is 2.22. The van der Waals surface area contributed by atoms with E-state index in [2.05, 4.69) is 15.9 Å². The molecule has 0 aliphatic carbocycles. The maximum Gasteiger partial charge on any atom is 0.410 e. The van der Waals surface area contributed by atoms with Crippen LogP contribution in [-0.4, -0.2) is 23.1 Å². The highest BCUT2D eigenvalue weighted by atomic mass is 79.9. The number of hydrogen-bond donors (Lipinski definition) is 0. The van der Waals surface area contributed by atoms with Gasteiger partial charge in [-0.1, -0.05) is 11.6 Å². The van der Waals surface area contributed by atoms with Gasteiger partial charge in [0, 0.05) is 11.6 Å². The molecule has 0 aliphatic rings. The van der Waals surface area contributed by atoms with Crippen LogP contribution in [0.2, 0.25) is 5.02 Å². The van der Waals surface area contributed by atoms with E-state index in [1.54, 1.807) is 20.8 Å². The first kappa shape index (κ1) is 17.2. The molecule has 112 valence electrons. The summed E-state index contributed by atoms with van der Waals surface area (Å²) in [5.41, 5.74) is -0.0284. The first-order chi connectivity index (χ1) is 9.14. The van der Waals surface area contributed by atoms with E-state index < -0.39 is 17.5 Å². The van der Waals surface area contributed by atoms with Crippen LogP contribution in [0.5, 0.6) is 0 Å². The molecule has 0 fully saturated rings. The minimum Gasteiger partial charge on any atom is -0.444 e. The van der Waals surface area contributed by atoms with Crippen molar-refractivity contribution in [2.75, 3.05) is 6.54 Å². The maximum atomic E-state index is 13.5. The largest absolute Gasteiger partial charge is 0.444 e. The van der Waals surface area contributed by atoms with E-state index in [0.29, 0.717) is 21.6 Å². The van der Waals surface area contributed by atoms with Crippen LogP contribution in [0.15, 0.2) is 16.6 Å². The molecule has 1 amide bonds. The lowest BCUT2D eigenvalue weighted by atomic mass is 10.2. The Bertz CT molecular complexity index is 503. The summed E-state index contributed by atoms with van der Waals surface area (Å²) in [6, 6.07) is 2.80. The van der Waals surface area contributed by atoms with E-state index in [9.17, 15) is 9.18 Å². The van der Waals surface area contributed by atoms with Crippen molar-refractivity contribution >= 4 is 33.6 Å².